The Morgan fingerprint density at radius 2 is 1.80 bits per heavy atom. The van der Waals surface area contributed by atoms with Crippen LogP contribution in [0.15, 0.2) is 0 Å². The molecule has 0 saturated carbocycles. The quantitative estimate of drug-likeness (QED) is 0.466. The summed E-state index contributed by atoms with van der Waals surface area (Å²) in [5.41, 5.74) is 9.47. The average molecular weight is 141 g/mol. The highest BCUT2D eigenvalue weighted by atomic mass is 16.2. The van der Waals surface area contributed by atoms with Crippen LogP contribution in [-0.2, 0) is 9.59 Å². The van der Waals surface area contributed by atoms with Crippen molar-refractivity contribution in [3.8, 4) is 6.07 Å². The van der Waals surface area contributed by atoms with Crippen molar-refractivity contribution in [2.24, 2.45) is 17.4 Å². The molecule has 0 spiro atoms. The number of nitrogens with zero attached hydrogens (tertiary/aromatic N) is 1. The average Bonchev–Trinajstić information content (AvgIpc) is 1.81. The topological polar surface area (TPSA) is 110 Å². The molecule has 0 saturated heterocycles. The first kappa shape index (κ1) is 8.43. The lowest BCUT2D eigenvalue weighted by atomic mass is 10.1. The molecular weight excluding hydrogens is 134 g/mol. The summed E-state index contributed by atoms with van der Waals surface area (Å²) >= 11 is 0. The van der Waals surface area contributed by atoms with Crippen LogP contribution < -0.4 is 11.5 Å². The van der Waals surface area contributed by atoms with Crippen LogP contribution in [0.5, 0.6) is 0 Å². The number of nitrogens with two attached hydrogens (primary N) is 2. The molecular formula is C5H7N3O2. The highest BCUT2D eigenvalue weighted by Crippen LogP contribution is 1.98. The van der Waals surface area contributed by atoms with E-state index in [0.29, 0.717) is 0 Å². The Kier molecular flexibility index (Phi) is 2.91. The normalized spacial score (nSPS) is 8.80. The van der Waals surface area contributed by atoms with Crippen LogP contribution in [0.3, 0.4) is 0 Å². The van der Waals surface area contributed by atoms with E-state index < -0.39 is 17.7 Å². The van der Waals surface area contributed by atoms with E-state index in [1.807, 2.05) is 0 Å². The molecule has 0 aliphatic heterocycles. The van der Waals surface area contributed by atoms with Gasteiger partial charge in [-0.2, -0.15) is 5.26 Å². The zero-order chi connectivity index (χ0) is 8.15. The van der Waals surface area contributed by atoms with Crippen LogP contribution in [0, 0.1) is 17.2 Å². The Hall–Kier alpha value is -1.57. The monoisotopic (exact) mass is 141 g/mol. The Bertz CT molecular complexity index is 180. The lowest BCUT2D eigenvalue weighted by Crippen LogP contribution is -2.34. The molecule has 5 heteroatoms. The van der Waals surface area contributed by atoms with Crippen LogP contribution >= 0.6 is 0 Å². The Morgan fingerprint density at radius 1 is 1.40 bits per heavy atom. The van der Waals surface area contributed by atoms with E-state index in [9.17, 15) is 9.59 Å². The Morgan fingerprint density at radius 3 is 1.90 bits per heavy atom. The van der Waals surface area contributed by atoms with Crippen molar-refractivity contribution < 1.29 is 9.59 Å². The third-order valence-electron chi connectivity index (χ3n) is 0.982. The smallest absolute Gasteiger partial charge is 0.231 e. The number of carbonyl (C=O) groups excluding carboxylic acids is 2. The molecule has 0 heterocycles. The molecule has 0 rings (SSSR count). The van der Waals surface area contributed by atoms with E-state index >= 15 is 0 Å². The minimum Gasteiger partial charge on any atom is -0.369 e. The van der Waals surface area contributed by atoms with Crippen molar-refractivity contribution in [1.82, 2.24) is 0 Å². The summed E-state index contributed by atoms with van der Waals surface area (Å²) in [5, 5.41) is 8.07. The number of carbonyl (C=O) groups is 2. The zero-order valence-corrected chi connectivity index (χ0v) is 5.20. The molecule has 5 nitrogen and oxygen atoms in total. The number of rotatable bonds is 3. The number of hydrogen-bond donors (Lipinski definition) is 2. The van der Waals surface area contributed by atoms with Gasteiger partial charge in [-0.1, -0.05) is 0 Å². The fourth-order valence-corrected chi connectivity index (χ4v) is 0.433. The number of nitriles is 1. The molecule has 10 heavy (non-hydrogen) atoms. The minimum atomic E-state index is -1.15. The largest absolute Gasteiger partial charge is 0.369 e. The van der Waals surface area contributed by atoms with Crippen molar-refractivity contribution in [3.05, 3.63) is 0 Å². The standard InChI is InChI=1S/C5H7N3O2/c6-2-1-3(4(7)9)5(8)10/h3H,1H2,(H2,7,9)(H2,8,10). The lowest BCUT2D eigenvalue weighted by Gasteiger charge is -2.01. The summed E-state index contributed by atoms with van der Waals surface area (Å²) in [6.07, 6.45) is -0.245. The zero-order valence-electron chi connectivity index (χ0n) is 5.20. The Balaban J connectivity index is 4.15. The van der Waals surface area contributed by atoms with Gasteiger partial charge in [0.25, 0.3) is 0 Å². The number of hydrogen-bond acceptors (Lipinski definition) is 3. The van der Waals surface area contributed by atoms with Gasteiger partial charge in [-0.3, -0.25) is 9.59 Å². The highest BCUT2D eigenvalue weighted by molar-refractivity contribution is 5.98. The van der Waals surface area contributed by atoms with E-state index in [-0.39, 0.29) is 6.42 Å². The predicted molar refractivity (Wildman–Crippen MR) is 32.1 cm³/mol. The van der Waals surface area contributed by atoms with Gasteiger partial charge in [0.05, 0.1) is 12.5 Å². The highest BCUT2D eigenvalue weighted by Gasteiger charge is 2.20. The second-order valence-corrected chi connectivity index (χ2v) is 1.72. The third-order valence-corrected chi connectivity index (χ3v) is 0.982. The van der Waals surface area contributed by atoms with E-state index in [2.05, 4.69) is 0 Å². The van der Waals surface area contributed by atoms with Gasteiger partial charge in [0.15, 0.2) is 0 Å². The van der Waals surface area contributed by atoms with Crippen molar-refractivity contribution in [2.75, 3.05) is 0 Å². The second kappa shape index (κ2) is 3.45. The lowest BCUT2D eigenvalue weighted by molar-refractivity contribution is -0.131. The van der Waals surface area contributed by atoms with Crippen molar-refractivity contribution in [2.45, 2.75) is 6.42 Å². The van der Waals surface area contributed by atoms with Crippen molar-refractivity contribution in [1.29, 1.82) is 5.26 Å². The molecule has 0 radical (unpaired) electrons. The van der Waals surface area contributed by atoms with Crippen LogP contribution in [0.25, 0.3) is 0 Å². The van der Waals surface area contributed by atoms with Crippen molar-refractivity contribution in [3.63, 3.8) is 0 Å². The number of amides is 2. The molecule has 0 aromatic heterocycles. The summed E-state index contributed by atoms with van der Waals surface area (Å²) < 4.78 is 0. The third kappa shape index (κ3) is 2.13. The summed E-state index contributed by atoms with van der Waals surface area (Å²) in [7, 11) is 0. The van der Waals surface area contributed by atoms with E-state index in [1.54, 1.807) is 6.07 Å². The van der Waals surface area contributed by atoms with E-state index in [4.69, 9.17) is 16.7 Å². The molecule has 0 aromatic rings. The van der Waals surface area contributed by atoms with Gasteiger partial charge >= 0.3 is 0 Å². The molecule has 0 unspecified atom stereocenters. The van der Waals surface area contributed by atoms with Crippen LogP contribution in [0.1, 0.15) is 6.42 Å². The predicted octanol–water partition coefficient (Wildman–Crippen LogP) is -1.51. The van der Waals surface area contributed by atoms with Gasteiger partial charge in [0.2, 0.25) is 11.8 Å². The van der Waals surface area contributed by atoms with Gasteiger partial charge < -0.3 is 11.5 Å². The van der Waals surface area contributed by atoms with Gasteiger partial charge in [0.1, 0.15) is 5.92 Å². The fourth-order valence-electron chi connectivity index (χ4n) is 0.433. The maximum Gasteiger partial charge on any atom is 0.231 e. The minimum absolute atomic E-state index is 0.245. The molecule has 0 fully saturated rings. The molecule has 0 bridgehead atoms. The van der Waals surface area contributed by atoms with Gasteiger partial charge in [0, 0.05) is 0 Å². The van der Waals surface area contributed by atoms with Crippen LogP contribution in [0.4, 0.5) is 0 Å². The first-order chi connectivity index (χ1) is 4.59. The molecule has 0 aliphatic rings. The molecule has 0 aliphatic carbocycles. The summed E-state index contributed by atoms with van der Waals surface area (Å²) in [4.78, 5) is 20.6. The second-order valence-electron chi connectivity index (χ2n) is 1.72. The fraction of sp³-hybridized carbons (Fsp3) is 0.400. The maximum absolute atomic E-state index is 10.3. The SMILES string of the molecule is N#CCC(C(N)=O)C(N)=O. The van der Waals surface area contributed by atoms with E-state index in [0.717, 1.165) is 0 Å². The van der Waals surface area contributed by atoms with Crippen molar-refractivity contribution >= 4 is 11.8 Å². The maximum atomic E-state index is 10.3. The number of primary amides is 2. The molecule has 0 aromatic carbocycles. The van der Waals surface area contributed by atoms with E-state index in [1.165, 1.54) is 0 Å². The molecule has 4 N–H and O–H groups in total. The van der Waals surface area contributed by atoms with Gasteiger partial charge in [-0.15, -0.1) is 0 Å². The van der Waals surface area contributed by atoms with Gasteiger partial charge in [-0.25, -0.2) is 0 Å². The Labute approximate surface area is 57.6 Å². The van der Waals surface area contributed by atoms with Crippen LogP contribution in [0.2, 0.25) is 0 Å². The summed E-state index contributed by atoms with van der Waals surface area (Å²) in [5.74, 6) is -2.85. The van der Waals surface area contributed by atoms with Gasteiger partial charge in [-0.05, 0) is 0 Å². The first-order valence-corrected chi connectivity index (χ1v) is 2.55. The molecule has 54 valence electrons. The molecule has 2 amide bonds. The first-order valence-electron chi connectivity index (χ1n) is 2.55. The molecule has 0 atom stereocenters. The summed E-state index contributed by atoms with van der Waals surface area (Å²) in [6, 6.07) is 1.63. The summed E-state index contributed by atoms with van der Waals surface area (Å²) in [6.45, 7) is 0. The van der Waals surface area contributed by atoms with Crippen LogP contribution in [-0.4, -0.2) is 11.8 Å².